The molecule has 0 aliphatic heterocycles. The molecule has 0 amide bonds. The second-order valence-corrected chi connectivity index (χ2v) is 1.56. The van der Waals surface area contributed by atoms with E-state index in [9.17, 15) is 0 Å². The minimum Gasteiger partial charge on any atom is -0.358 e. The zero-order valence-corrected chi connectivity index (χ0v) is 10.2. The van der Waals surface area contributed by atoms with Crippen LogP contribution in [0.1, 0.15) is 26.2 Å². The number of halogens is 1. The van der Waals surface area contributed by atoms with Crippen LogP contribution in [0.5, 0.6) is 0 Å². The Morgan fingerprint density at radius 3 is 2.20 bits per heavy atom. The summed E-state index contributed by atoms with van der Waals surface area (Å²) < 4.78 is 0. The van der Waals surface area contributed by atoms with Gasteiger partial charge in [0.15, 0.2) is 0 Å². The molecule has 2 heteroatoms. The predicted molar refractivity (Wildman–Crippen MR) is 56.5 cm³/mol. The Hall–Kier alpha value is 0.986. The molecule has 0 rings (SSSR count). The molecule has 0 heterocycles. The van der Waals surface area contributed by atoms with Gasteiger partial charge in [-0.1, -0.05) is 18.6 Å². The van der Waals surface area contributed by atoms with Crippen molar-refractivity contribution in [3.05, 3.63) is 26.5 Å². The summed E-state index contributed by atoms with van der Waals surface area (Å²) in [6, 6.07) is 0. The molecule has 0 aromatic rings. The normalized spacial score (nSPS) is 7.40. The quantitative estimate of drug-likeness (QED) is 0.295. The molecule has 0 N–H and O–H groups in total. The summed E-state index contributed by atoms with van der Waals surface area (Å²) >= 11 is 0. The van der Waals surface area contributed by atoms with Crippen molar-refractivity contribution >= 4 is 40.0 Å². The van der Waals surface area contributed by atoms with Crippen molar-refractivity contribution in [1.82, 2.24) is 0 Å². The molecule has 0 nitrogen and oxygen atoms in total. The van der Waals surface area contributed by atoms with E-state index in [0.717, 1.165) is 6.42 Å². The average molecular weight is 217 g/mol. The van der Waals surface area contributed by atoms with Crippen LogP contribution in [-0.2, 0) is 0 Å². The summed E-state index contributed by atoms with van der Waals surface area (Å²) in [5.41, 5.74) is 0. The second kappa shape index (κ2) is 22.5. The molecule has 0 bridgehead atoms. The van der Waals surface area contributed by atoms with Gasteiger partial charge in [-0.25, -0.2) is 0 Å². The number of allylic oxidation sites excluding steroid dienone is 2. The summed E-state index contributed by atoms with van der Waals surface area (Å²) in [5, 5.41) is 0. The van der Waals surface area contributed by atoms with E-state index in [-0.39, 0.29) is 47.5 Å². The smallest absolute Gasteiger partial charge is 0.358 e. The van der Waals surface area contributed by atoms with Crippen molar-refractivity contribution in [2.75, 3.05) is 0 Å². The van der Waals surface area contributed by atoms with E-state index in [1.54, 1.807) is 0 Å². The van der Waals surface area contributed by atoms with Crippen LogP contribution in [0.3, 0.4) is 0 Å². The molecule has 0 aliphatic carbocycles. The Morgan fingerprint density at radius 2 is 1.90 bits per heavy atom. The molecule has 0 saturated heterocycles. The first-order chi connectivity index (χ1) is 3.41. The Balaban J connectivity index is -0.0000000600. The first-order valence-electron chi connectivity index (χ1n) is 2.82. The summed E-state index contributed by atoms with van der Waals surface area (Å²) in [7, 11) is 0. The summed E-state index contributed by atoms with van der Waals surface area (Å²) in [5.74, 6) is 0. The van der Waals surface area contributed by atoms with Gasteiger partial charge in [0.1, 0.15) is 0 Å². The molecule has 58 valence electrons. The van der Waals surface area contributed by atoms with Gasteiger partial charge in [0, 0.05) is 0 Å². The van der Waals surface area contributed by atoms with Crippen molar-refractivity contribution in [3.63, 3.8) is 0 Å². The van der Waals surface area contributed by atoms with E-state index in [4.69, 9.17) is 0 Å². The van der Waals surface area contributed by atoms with E-state index >= 15 is 0 Å². The van der Waals surface area contributed by atoms with Crippen LogP contribution in [0.15, 0.2) is 12.2 Å². The maximum absolute atomic E-state index is 3.72. The van der Waals surface area contributed by atoms with Gasteiger partial charge in [-0.05, 0) is 13.3 Å². The third-order valence-electron chi connectivity index (χ3n) is 0.856. The van der Waals surface area contributed by atoms with Gasteiger partial charge in [-0.3, -0.25) is 0 Å². The largest absolute Gasteiger partial charge is 2.00 e. The van der Waals surface area contributed by atoms with Gasteiger partial charge in [0.25, 0.3) is 0 Å². The van der Waals surface area contributed by atoms with E-state index in [0.29, 0.717) is 0 Å². The van der Waals surface area contributed by atoms with Crippen LogP contribution in [0.25, 0.3) is 0 Å². The molecule has 0 spiro atoms. The van der Waals surface area contributed by atoms with Crippen LogP contribution in [0, 0.1) is 14.4 Å². The number of rotatable bonds is 3. The molecule has 0 saturated carbocycles. The Kier molecular flexibility index (Phi) is 50.5. The van der Waals surface area contributed by atoms with Crippen LogP contribution >= 0.6 is 17.0 Å². The topological polar surface area (TPSA) is 0 Å². The number of hydrogen-bond donors (Lipinski definition) is 0. The van der Waals surface area contributed by atoms with Gasteiger partial charge < -0.3 is 14.4 Å². The van der Waals surface area contributed by atoms with Crippen molar-refractivity contribution in [2.45, 2.75) is 26.2 Å². The Bertz CT molecular complexity index is 53.2. The summed E-state index contributed by atoms with van der Waals surface area (Å²) in [6.07, 6.45) is 7.73. The third-order valence-corrected chi connectivity index (χ3v) is 0.856. The van der Waals surface area contributed by atoms with E-state index in [1.807, 2.05) is 6.92 Å². The van der Waals surface area contributed by atoms with E-state index in [2.05, 4.69) is 19.1 Å². The summed E-state index contributed by atoms with van der Waals surface area (Å²) in [6.45, 7) is 5.77. The van der Waals surface area contributed by atoms with E-state index in [1.165, 1.54) is 12.8 Å². The predicted octanol–water partition coefficient (Wildman–Crippen LogP) is 3.21. The third kappa shape index (κ3) is 23.1. The van der Waals surface area contributed by atoms with Crippen LogP contribution < -0.4 is 0 Å². The molecule has 0 aromatic heterocycles. The van der Waals surface area contributed by atoms with Crippen LogP contribution in [-0.4, -0.2) is 23.1 Å². The molecule has 0 aromatic carbocycles. The molecule has 10 heavy (non-hydrogen) atoms. The van der Waals surface area contributed by atoms with Gasteiger partial charge in [-0.15, -0.1) is 17.0 Å². The van der Waals surface area contributed by atoms with Crippen molar-refractivity contribution in [1.29, 1.82) is 0 Å². The standard InChI is InChI=1S/C7H13.CH3.BrH.Mg/c1-3-5-7-6-4-2;;;/h4,6H,1,3,5,7H2,2H3;1H3;1H;/q2*-1;;+2. The first kappa shape index (κ1) is 22.4. The molecule has 0 fully saturated rings. The molecule has 0 aliphatic rings. The first-order valence-corrected chi connectivity index (χ1v) is 2.82. The van der Waals surface area contributed by atoms with Gasteiger partial charge in [0.05, 0.1) is 0 Å². The fourth-order valence-corrected chi connectivity index (χ4v) is 0.429. The van der Waals surface area contributed by atoms with Gasteiger partial charge in [-0.2, -0.15) is 6.42 Å². The van der Waals surface area contributed by atoms with Crippen molar-refractivity contribution in [3.8, 4) is 0 Å². The Morgan fingerprint density at radius 1 is 1.40 bits per heavy atom. The molecule has 0 atom stereocenters. The second-order valence-electron chi connectivity index (χ2n) is 1.56. The van der Waals surface area contributed by atoms with Gasteiger partial charge >= 0.3 is 23.1 Å². The van der Waals surface area contributed by atoms with E-state index < -0.39 is 0 Å². The maximum atomic E-state index is 3.72. The molecular formula is C8H17BrMg. The number of unbranched alkanes of at least 4 members (excludes halogenated alkanes) is 2. The average Bonchev–Trinajstić information content (AvgIpc) is 1.69. The molecule has 0 unspecified atom stereocenters. The Labute approximate surface area is 92.4 Å². The maximum Gasteiger partial charge on any atom is 2.00 e. The minimum atomic E-state index is 0. The monoisotopic (exact) mass is 216 g/mol. The minimum absolute atomic E-state index is 0. The van der Waals surface area contributed by atoms with Crippen LogP contribution in [0.4, 0.5) is 0 Å². The van der Waals surface area contributed by atoms with Crippen molar-refractivity contribution < 1.29 is 0 Å². The van der Waals surface area contributed by atoms with Crippen LogP contribution in [0.2, 0.25) is 0 Å². The fourth-order valence-electron chi connectivity index (χ4n) is 0.429. The van der Waals surface area contributed by atoms with Gasteiger partial charge in [0.2, 0.25) is 0 Å². The zero-order chi connectivity index (χ0) is 5.54. The summed E-state index contributed by atoms with van der Waals surface area (Å²) in [4.78, 5) is 0. The van der Waals surface area contributed by atoms with Crippen molar-refractivity contribution in [2.24, 2.45) is 0 Å². The SMILES string of the molecule is Br.[CH2-]CCCC=CC.[CH3-].[Mg+2]. The number of hydrogen-bond acceptors (Lipinski definition) is 0. The molecule has 0 radical (unpaired) electrons. The zero-order valence-electron chi connectivity index (χ0n) is 7.10. The fraction of sp³-hybridized carbons (Fsp3) is 0.500. The molecular weight excluding hydrogens is 200 g/mol.